The van der Waals surface area contributed by atoms with Crippen LogP contribution in [0.2, 0.25) is 5.28 Å². The van der Waals surface area contributed by atoms with E-state index in [1.165, 1.54) is 0 Å². The molecule has 1 aromatic heterocycles. The molecule has 11 N–H and O–H groups in total. The van der Waals surface area contributed by atoms with E-state index in [9.17, 15) is 70.0 Å². The molecule has 0 atom stereocenters. The van der Waals surface area contributed by atoms with Gasteiger partial charge in [0.05, 0.1) is 16.0 Å². The number of azo groups is 2. The summed E-state index contributed by atoms with van der Waals surface area (Å²) in [5.41, 5.74) is 6.33. The summed E-state index contributed by atoms with van der Waals surface area (Å²) in [5, 5.41) is 26.1. The molecule has 5 aromatic rings. The van der Waals surface area contributed by atoms with Gasteiger partial charge in [0.15, 0.2) is 5.75 Å². The molecule has 0 unspecified atom stereocenters. The highest BCUT2D eigenvalue weighted by molar-refractivity contribution is 7.87. The van der Waals surface area contributed by atoms with Gasteiger partial charge in [-0.1, -0.05) is 0 Å². The van der Waals surface area contributed by atoms with Crippen molar-refractivity contribution in [3.63, 3.8) is 0 Å². The Balaban J connectivity index is 1.78. The monoisotopic (exact) mass is 910 g/mol. The lowest BCUT2D eigenvalue weighted by Gasteiger charge is -2.14. The molecule has 0 saturated heterocycles. The molecule has 0 spiro atoms. The Hall–Kier alpha value is -5.61. The maximum absolute atomic E-state index is 12.5. The van der Waals surface area contributed by atoms with Crippen molar-refractivity contribution in [2.45, 2.75) is 24.5 Å². The van der Waals surface area contributed by atoms with Crippen molar-refractivity contribution in [3.05, 3.63) is 53.8 Å². The first-order valence-corrected chi connectivity index (χ1v) is 21.7. The van der Waals surface area contributed by atoms with E-state index in [0.717, 1.165) is 18.2 Å². The average molecular weight is 911 g/mol. The maximum atomic E-state index is 12.5. The average Bonchev–Trinajstić information content (AvgIpc) is 3.04. The van der Waals surface area contributed by atoms with E-state index < -0.39 is 120 Å². The van der Waals surface area contributed by atoms with Gasteiger partial charge in [0.25, 0.3) is 50.6 Å². The Bertz CT molecular complexity index is 3170. The quantitative estimate of drug-likeness (QED) is 0.0521. The van der Waals surface area contributed by atoms with Crippen LogP contribution in [0.15, 0.2) is 93.5 Å². The van der Waals surface area contributed by atoms with Crippen LogP contribution in [-0.4, -0.2) is 84.9 Å². The number of hydrogen-bond acceptors (Lipinski definition) is 21. The summed E-state index contributed by atoms with van der Waals surface area (Å²) >= 11 is 5.76. The third-order valence-electron chi connectivity index (χ3n) is 7.01. The third kappa shape index (κ3) is 9.34. The Kier molecular flexibility index (Phi) is 11.0. The fourth-order valence-electron chi connectivity index (χ4n) is 4.71. The van der Waals surface area contributed by atoms with Gasteiger partial charge in [-0.15, -0.1) is 20.5 Å². The molecule has 0 fully saturated rings. The molecule has 32 heteroatoms. The topological polar surface area (TPSA) is 444 Å². The fourth-order valence-corrected chi connectivity index (χ4v) is 7.91. The molecule has 0 aliphatic carbocycles. The van der Waals surface area contributed by atoms with Crippen molar-refractivity contribution in [2.24, 2.45) is 20.5 Å². The minimum absolute atomic E-state index is 0.0907. The number of phenolic OH excluding ortho intramolecular Hbond substituents is 1. The van der Waals surface area contributed by atoms with Crippen LogP contribution >= 0.6 is 11.6 Å². The highest BCUT2D eigenvalue weighted by Crippen LogP contribution is 2.48. The number of hydrogen-bond donors (Lipinski definition) is 9. The van der Waals surface area contributed by atoms with Gasteiger partial charge in [-0.05, 0) is 65.5 Å². The lowest BCUT2D eigenvalue weighted by Crippen LogP contribution is -2.04. The lowest BCUT2D eigenvalue weighted by molar-refractivity contribution is 0.472. The largest absolute Gasteiger partial charge is 0.505 e. The van der Waals surface area contributed by atoms with E-state index >= 15 is 0 Å². The molecular weight excluding hydrogens is 892 g/mol. The number of nitrogens with zero attached hydrogens (tertiary/aromatic N) is 7. The summed E-state index contributed by atoms with van der Waals surface area (Å²) in [5.74, 6) is -1.97. The number of aromatic nitrogens is 3. The molecule has 0 radical (unpaired) electrons. The molecule has 0 aliphatic heterocycles. The van der Waals surface area contributed by atoms with Gasteiger partial charge >= 0.3 is 0 Å². The molecule has 0 bridgehead atoms. The molecule has 0 amide bonds. The second-order valence-electron chi connectivity index (χ2n) is 10.8. The number of anilines is 4. The van der Waals surface area contributed by atoms with E-state index in [0.29, 0.717) is 30.3 Å². The molecule has 302 valence electrons. The van der Waals surface area contributed by atoms with Crippen molar-refractivity contribution >= 4 is 119 Å². The predicted molar refractivity (Wildman–Crippen MR) is 193 cm³/mol. The van der Waals surface area contributed by atoms with E-state index in [2.05, 4.69) is 40.7 Å². The van der Waals surface area contributed by atoms with Gasteiger partial charge in [-0.2, -0.15) is 57.0 Å². The zero-order valence-corrected chi connectivity index (χ0v) is 31.9. The van der Waals surface area contributed by atoms with E-state index in [1.54, 1.807) is 0 Å². The standard InChI is InChI=1S/C25H19ClN10O16S5/c26-23-30-24(28)32-25(31-23)29-10-1-3-14(54(41,42)43)12(7-10)33-36-21-17(57(50,51)52)6-9-5-16(56(47,48)49)20(19(27)18(9)22(21)37)35-34-13-8-11(53(38,39)40)2-4-15(13)55(44,45)46/h1-8,37H,27H2,(H,38,39,40)(H,41,42,43)(H,44,45,46)(H,47,48,49)(H,50,51,52)(H3,28,29,30,31,32)/b35-34+,36-33+. The van der Waals surface area contributed by atoms with Gasteiger partial charge in [-0.25, -0.2) is 0 Å². The normalized spacial score (nSPS) is 13.2. The van der Waals surface area contributed by atoms with Gasteiger partial charge in [0, 0.05) is 5.69 Å². The summed E-state index contributed by atoms with van der Waals surface area (Å²) in [6.07, 6.45) is 0. The second-order valence-corrected chi connectivity index (χ2v) is 18.1. The van der Waals surface area contributed by atoms with Crippen LogP contribution in [0, 0.1) is 0 Å². The minimum Gasteiger partial charge on any atom is -0.505 e. The summed E-state index contributed by atoms with van der Waals surface area (Å²) in [4.78, 5) is 5.34. The number of nitrogen functional groups attached to an aromatic ring is 2. The zero-order chi connectivity index (χ0) is 42.6. The molecule has 26 nitrogen and oxygen atoms in total. The summed E-state index contributed by atoms with van der Waals surface area (Å²) in [6, 6.07) is 5.02. The van der Waals surface area contributed by atoms with E-state index in [4.69, 9.17) is 23.1 Å². The summed E-state index contributed by atoms with van der Waals surface area (Å²) in [6.45, 7) is 0. The molecule has 5 rings (SSSR count). The first kappa shape index (κ1) is 42.5. The van der Waals surface area contributed by atoms with Crippen LogP contribution < -0.4 is 16.8 Å². The maximum Gasteiger partial charge on any atom is 0.296 e. The molecule has 0 saturated carbocycles. The van der Waals surface area contributed by atoms with Crippen molar-refractivity contribution < 1.29 is 70.0 Å². The van der Waals surface area contributed by atoms with E-state index in [-0.39, 0.29) is 22.9 Å². The van der Waals surface area contributed by atoms with E-state index in [1.807, 2.05) is 0 Å². The SMILES string of the molecule is Nc1nc(Cl)nc(Nc2ccc(S(=O)(=O)O)c(/N=N/c3c(S(=O)(=O)O)cc4cc(S(=O)(=O)O)c(/N=N/c5cc(S(=O)(=O)O)ccc5S(=O)(=O)O)c(N)c4c3O)c2)n1. The second kappa shape index (κ2) is 14.7. The molecule has 1 heterocycles. The highest BCUT2D eigenvalue weighted by Gasteiger charge is 2.29. The first-order chi connectivity index (χ1) is 26.1. The smallest absolute Gasteiger partial charge is 0.296 e. The number of aromatic hydroxyl groups is 1. The molecule has 57 heavy (non-hydrogen) atoms. The first-order valence-electron chi connectivity index (χ1n) is 14.1. The molecular formula is C25H19ClN10O16S5. The Labute approximate surface area is 323 Å². The number of fused-ring (bicyclic) bond motifs is 1. The Morgan fingerprint density at radius 1 is 0.579 bits per heavy atom. The third-order valence-corrected chi connectivity index (χ3v) is 11.6. The Morgan fingerprint density at radius 3 is 1.58 bits per heavy atom. The molecule has 4 aromatic carbocycles. The fraction of sp³-hybridized carbons (Fsp3) is 0. The molecule has 0 aliphatic rings. The Morgan fingerprint density at radius 2 is 1.07 bits per heavy atom. The number of phenols is 1. The minimum atomic E-state index is -5.49. The van der Waals surface area contributed by atoms with Crippen LogP contribution in [0.4, 0.5) is 46.0 Å². The lowest BCUT2D eigenvalue weighted by atomic mass is 10.1. The van der Waals surface area contributed by atoms with Crippen molar-refractivity contribution in [1.29, 1.82) is 0 Å². The van der Waals surface area contributed by atoms with Crippen LogP contribution in [0.25, 0.3) is 10.8 Å². The number of benzene rings is 4. The summed E-state index contributed by atoms with van der Waals surface area (Å²) in [7, 11) is -26.4. The number of nitrogens with one attached hydrogen (secondary N) is 1. The zero-order valence-electron chi connectivity index (χ0n) is 27.1. The predicted octanol–water partition coefficient (Wildman–Crippen LogP) is 3.36. The van der Waals surface area contributed by atoms with Crippen LogP contribution in [0.3, 0.4) is 0 Å². The number of nitrogens with two attached hydrogens (primary N) is 2. The van der Waals surface area contributed by atoms with Crippen LogP contribution in [-0.2, 0) is 50.6 Å². The van der Waals surface area contributed by atoms with Crippen LogP contribution in [0.5, 0.6) is 5.75 Å². The number of halogens is 1. The number of rotatable bonds is 11. The van der Waals surface area contributed by atoms with Crippen molar-refractivity contribution in [2.75, 3.05) is 16.8 Å². The van der Waals surface area contributed by atoms with Gasteiger partial charge < -0.3 is 21.9 Å². The van der Waals surface area contributed by atoms with Gasteiger partial charge in [0.2, 0.25) is 17.2 Å². The van der Waals surface area contributed by atoms with Gasteiger partial charge in [-0.3, -0.25) is 22.8 Å². The van der Waals surface area contributed by atoms with Gasteiger partial charge in [0.1, 0.15) is 42.3 Å². The van der Waals surface area contributed by atoms with Crippen molar-refractivity contribution in [1.82, 2.24) is 15.0 Å². The van der Waals surface area contributed by atoms with Crippen LogP contribution in [0.1, 0.15) is 0 Å². The highest BCUT2D eigenvalue weighted by atomic mass is 35.5. The summed E-state index contributed by atoms with van der Waals surface area (Å²) < 4.78 is 170. The van der Waals surface area contributed by atoms with Crippen molar-refractivity contribution in [3.8, 4) is 5.75 Å².